The predicted molar refractivity (Wildman–Crippen MR) is 120 cm³/mol. The number of benzene rings is 3. The molecule has 0 radical (unpaired) electrons. The summed E-state index contributed by atoms with van der Waals surface area (Å²) < 4.78 is 55.1. The summed E-state index contributed by atoms with van der Waals surface area (Å²) in [5.41, 5.74) is 2.70. The molecule has 0 atom stereocenters. The Morgan fingerprint density at radius 3 is 2.12 bits per heavy atom. The molecule has 0 spiro atoms. The van der Waals surface area contributed by atoms with Gasteiger partial charge in [0.15, 0.2) is 17.9 Å². The minimum absolute atomic E-state index is 0.174. The summed E-state index contributed by atoms with van der Waals surface area (Å²) in [7, 11) is 0. The second-order valence-electron chi connectivity index (χ2n) is 8.15. The van der Waals surface area contributed by atoms with Crippen LogP contribution in [0.4, 0.5) is 13.2 Å². The molecule has 0 amide bonds. The van der Waals surface area contributed by atoms with Gasteiger partial charge in [0.25, 0.3) is 0 Å². The van der Waals surface area contributed by atoms with E-state index in [0.717, 1.165) is 0 Å². The molecule has 5 heteroatoms. The Labute approximate surface area is 186 Å². The van der Waals surface area contributed by atoms with Gasteiger partial charge in [-0.15, -0.1) is 6.58 Å². The topological polar surface area (TPSA) is 18.5 Å². The second kappa shape index (κ2) is 9.72. The van der Waals surface area contributed by atoms with Gasteiger partial charge < -0.3 is 9.47 Å². The molecule has 0 saturated carbocycles. The van der Waals surface area contributed by atoms with Crippen molar-refractivity contribution < 1.29 is 22.6 Å². The quantitative estimate of drug-likeness (QED) is 0.378. The van der Waals surface area contributed by atoms with Crippen molar-refractivity contribution in [3.8, 4) is 22.3 Å². The highest BCUT2D eigenvalue weighted by Crippen LogP contribution is 2.32. The van der Waals surface area contributed by atoms with E-state index in [2.05, 4.69) is 6.58 Å². The summed E-state index contributed by atoms with van der Waals surface area (Å²) in [6.45, 7) is 6.78. The molecule has 0 aliphatic carbocycles. The molecule has 1 saturated heterocycles. The number of ether oxygens (including phenoxy) is 2. The highest BCUT2D eigenvalue weighted by atomic mass is 19.2. The molecular formula is C27H25F3O2. The van der Waals surface area contributed by atoms with Gasteiger partial charge in [0.2, 0.25) is 0 Å². The fraction of sp³-hybridized carbons (Fsp3) is 0.259. The summed E-state index contributed by atoms with van der Waals surface area (Å²) in [4.78, 5) is 0. The zero-order valence-corrected chi connectivity index (χ0v) is 17.9. The van der Waals surface area contributed by atoms with Gasteiger partial charge in [-0.1, -0.05) is 61.5 Å². The van der Waals surface area contributed by atoms with E-state index in [1.54, 1.807) is 54.6 Å². The highest BCUT2D eigenvalue weighted by Gasteiger charge is 2.22. The molecule has 166 valence electrons. The van der Waals surface area contributed by atoms with Gasteiger partial charge in [-0.2, -0.15) is 0 Å². The lowest BCUT2D eigenvalue weighted by Gasteiger charge is -2.27. The van der Waals surface area contributed by atoms with E-state index in [4.69, 9.17) is 9.47 Å². The Bertz CT molecular complexity index is 1100. The predicted octanol–water partition coefficient (Wildman–Crippen LogP) is 7.24. The number of rotatable bonds is 6. The number of hydrogen-bond donors (Lipinski definition) is 0. The molecular weight excluding hydrogens is 413 g/mol. The van der Waals surface area contributed by atoms with Crippen LogP contribution >= 0.6 is 0 Å². The van der Waals surface area contributed by atoms with Crippen molar-refractivity contribution in [1.82, 2.24) is 0 Å². The number of aryl methyl sites for hydroxylation is 1. The molecule has 3 aromatic rings. The molecule has 1 aliphatic rings. The molecule has 3 aromatic carbocycles. The summed E-state index contributed by atoms with van der Waals surface area (Å²) in [5, 5.41) is 0. The third kappa shape index (κ3) is 4.64. The molecule has 4 rings (SSSR count). The SMILES string of the molecule is C=CCCc1ccc(-c2ccc(-c3ccc(C4OCC(C)CO4)cc3F)cc2)c(F)c1F. The minimum atomic E-state index is -0.878. The van der Waals surface area contributed by atoms with E-state index in [9.17, 15) is 13.2 Å². The summed E-state index contributed by atoms with van der Waals surface area (Å²) in [6, 6.07) is 14.8. The lowest BCUT2D eigenvalue weighted by atomic mass is 9.97. The Morgan fingerprint density at radius 1 is 0.875 bits per heavy atom. The fourth-order valence-electron chi connectivity index (χ4n) is 3.80. The normalized spacial score (nSPS) is 18.5. The van der Waals surface area contributed by atoms with Gasteiger partial charge in [0, 0.05) is 22.6 Å². The van der Waals surface area contributed by atoms with Gasteiger partial charge in [0.1, 0.15) is 5.82 Å². The van der Waals surface area contributed by atoms with Gasteiger partial charge >= 0.3 is 0 Å². The van der Waals surface area contributed by atoms with Gasteiger partial charge in [-0.05, 0) is 35.6 Å². The maximum Gasteiger partial charge on any atom is 0.183 e. The van der Waals surface area contributed by atoms with E-state index in [1.165, 1.54) is 6.07 Å². The first kappa shape index (κ1) is 22.3. The first-order chi connectivity index (χ1) is 15.5. The Morgan fingerprint density at radius 2 is 1.50 bits per heavy atom. The fourth-order valence-corrected chi connectivity index (χ4v) is 3.80. The van der Waals surface area contributed by atoms with Gasteiger partial charge in [-0.25, -0.2) is 13.2 Å². The van der Waals surface area contributed by atoms with Crippen LogP contribution in [-0.4, -0.2) is 13.2 Å². The van der Waals surface area contributed by atoms with Gasteiger partial charge in [-0.3, -0.25) is 0 Å². The molecule has 1 fully saturated rings. The zero-order chi connectivity index (χ0) is 22.7. The lowest BCUT2D eigenvalue weighted by Crippen LogP contribution is -2.25. The minimum Gasteiger partial charge on any atom is -0.348 e. The van der Waals surface area contributed by atoms with Crippen LogP contribution in [0.25, 0.3) is 22.3 Å². The van der Waals surface area contributed by atoms with Crippen molar-refractivity contribution in [3.05, 3.63) is 95.8 Å². The monoisotopic (exact) mass is 438 g/mol. The average molecular weight is 438 g/mol. The van der Waals surface area contributed by atoms with Crippen molar-refractivity contribution in [2.75, 3.05) is 13.2 Å². The largest absolute Gasteiger partial charge is 0.348 e. The van der Waals surface area contributed by atoms with E-state index in [1.807, 2.05) is 6.92 Å². The van der Waals surface area contributed by atoms with Crippen molar-refractivity contribution in [3.63, 3.8) is 0 Å². The van der Waals surface area contributed by atoms with Crippen molar-refractivity contribution >= 4 is 0 Å². The van der Waals surface area contributed by atoms with E-state index < -0.39 is 23.7 Å². The third-order valence-corrected chi connectivity index (χ3v) is 5.62. The molecule has 1 heterocycles. The van der Waals surface area contributed by atoms with E-state index in [0.29, 0.717) is 59.8 Å². The third-order valence-electron chi connectivity index (χ3n) is 5.62. The van der Waals surface area contributed by atoms with E-state index >= 15 is 0 Å². The Hall–Kier alpha value is -2.89. The molecule has 0 bridgehead atoms. The van der Waals surface area contributed by atoms with Crippen LogP contribution in [0.15, 0.2) is 67.3 Å². The standard InChI is InChI=1S/C27H25F3O2/c1-3-4-5-20-10-13-23(26(30)25(20)29)19-8-6-18(7-9-19)22-12-11-21(14-24(22)28)27-31-15-17(2)16-32-27/h3,6-14,17,27H,1,4-5,15-16H2,2H3. The first-order valence-corrected chi connectivity index (χ1v) is 10.7. The van der Waals surface area contributed by atoms with Crippen LogP contribution in [0.2, 0.25) is 0 Å². The maximum atomic E-state index is 14.8. The van der Waals surface area contributed by atoms with Crippen LogP contribution in [0, 0.1) is 23.4 Å². The average Bonchev–Trinajstić information content (AvgIpc) is 2.81. The smallest absolute Gasteiger partial charge is 0.183 e. The maximum absolute atomic E-state index is 14.8. The Balaban J connectivity index is 1.55. The van der Waals surface area contributed by atoms with Crippen LogP contribution < -0.4 is 0 Å². The number of allylic oxidation sites excluding steroid dienone is 1. The second-order valence-corrected chi connectivity index (χ2v) is 8.15. The summed E-state index contributed by atoms with van der Waals surface area (Å²) in [6.07, 6.45) is 2.08. The molecule has 2 nitrogen and oxygen atoms in total. The number of halogens is 3. The molecule has 32 heavy (non-hydrogen) atoms. The zero-order valence-electron chi connectivity index (χ0n) is 17.9. The summed E-state index contributed by atoms with van der Waals surface area (Å²) in [5.74, 6) is -1.80. The van der Waals surface area contributed by atoms with Crippen LogP contribution in [0.3, 0.4) is 0 Å². The van der Waals surface area contributed by atoms with Gasteiger partial charge in [0.05, 0.1) is 13.2 Å². The molecule has 0 unspecified atom stereocenters. The molecule has 1 aliphatic heterocycles. The van der Waals surface area contributed by atoms with Crippen LogP contribution in [0.5, 0.6) is 0 Å². The van der Waals surface area contributed by atoms with E-state index in [-0.39, 0.29) is 5.56 Å². The van der Waals surface area contributed by atoms with Crippen molar-refractivity contribution in [2.24, 2.45) is 5.92 Å². The summed E-state index contributed by atoms with van der Waals surface area (Å²) >= 11 is 0. The van der Waals surface area contributed by atoms with Crippen LogP contribution in [0.1, 0.15) is 30.8 Å². The first-order valence-electron chi connectivity index (χ1n) is 10.7. The van der Waals surface area contributed by atoms with Crippen LogP contribution in [-0.2, 0) is 15.9 Å². The number of hydrogen-bond acceptors (Lipinski definition) is 2. The Kier molecular flexibility index (Phi) is 6.77. The van der Waals surface area contributed by atoms with Crippen molar-refractivity contribution in [2.45, 2.75) is 26.1 Å². The molecule has 0 N–H and O–H groups in total. The highest BCUT2D eigenvalue weighted by molar-refractivity contribution is 5.71. The van der Waals surface area contributed by atoms with Crippen molar-refractivity contribution in [1.29, 1.82) is 0 Å². The molecule has 0 aromatic heterocycles. The lowest BCUT2D eigenvalue weighted by molar-refractivity contribution is -0.202.